The number of aromatic nitrogens is 2. The van der Waals surface area contributed by atoms with Gasteiger partial charge in [0.15, 0.2) is 5.58 Å². The minimum atomic E-state index is -1.01. The first-order valence-corrected chi connectivity index (χ1v) is 16.4. The molecule has 0 aliphatic carbocycles. The van der Waals surface area contributed by atoms with Crippen LogP contribution in [-0.2, 0) is 11.3 Å². The molecule has 0 radical (unpaired) electrons. The van der Waals surface area contributed by atoms with E-state index < -0.39 is 11.9 Å². The van der Waals surface area contributed by atoms with Crippen molar-refractivity contribution < 1.29 is 28.6 Å². The number of aliphatic carboxylic acids is 1. The van der Waals surface area contributed by atoms with Crippen LogP contribution in [0.5, 0.6) is 0 Å². The predicted octanol–water partition coefficient (Wildman–Crippen LogP) is 9.47. The monoisotopic (exact) mass is 631 g/mol. The summed E-state index contributed by atoms with van der Waals surface area (Å²) < 4.78 is 15.4. The fourth-order valence-electron chi connectivity index (χ4n) is 6.69. The van der Waals surface area contributed by atoms with Crippen LogP contribution < -0.4 is 4.90 Å². The van der Waals surface area contributed by atoms with Gasteiger partial charge < -0.3 is 28.5 Å². The number of carbonyl (C=O) groups is 2. The molecule has 9 heteroatoms. The number of hydrogen-bond acceptors (Lipinski definition) is 6. The average molecular weight is 632 g/mol. The molecule has 0 saturated heterocycles. The molecule has 9 nitrogen and oxygen atoms in total. The molecule has 0 aliphatic rings. The zero-order valence-corrected chi connectivity index (χ0v) is 26.6. The molecule has 240 valence electrons. The smallest absolute Gasteiger partial charge is 0.335 e. The number of benzene rings is 4. The SMILES string of the molecule is CCCCN(CCCC)c1ccc2c(c1)oc1c3oc(-c4ccc(C(=O)O)cc4)nc3c3c(c4ccccc4n3CCCC(=O)O)c21. The third kappa shape index (κ3) is 5.35. The number of furan rings is 1. The Hall–Kier alpha value is -5.31. The molecule has 7 rings (SSSR count). The van der Waals surface area contributed by atoms with E-state index in [1.807, 2.05) is 12.1 Å². The molecule has 4 aromatic carbocycles. The zero-order valence-electron chi connectivity index (χ0n) is 26.6. The van der Waals surface area contributed by atoms with E-state index in [4.69, 9.17) is 13.8 Å². The van der Waals surface area contributed by atoms with Gasteiger partial charge in [-0.25, -0.2) is 9.78 Å². The first-order chi connectivity index (χ1) is 22.9. The average Bonchev–Trinajstić information content (AvgIpc) is 3.77. The van der Waals surface area contributed by atoms with Crippen LogP contribution in [-0.4, -0.2) is 44.8 Å². The lowest BCUT2D eigenvalue weighted by Gasteiger charge is -2.24. The number of aromatic carboxylic acids is 1. The van der Waals surface area contributed by atoms with Gasteiger partial charge in [0, 0.05) is 70.4 Å². The normalized spacial score (nSPS) is 11.9. The highest BCUT2D eigenvalue weighted by Crippen LogP contribution is 2.46. The molecule has 0 atom stereocenters. The van der Waals surface area contributed by atoms with Crippen molar-refractivity contribution in [1.29, 1.82) is 0 Å². The van der Waals surface area contributed by atoms with Crippen molar-refractivity contribution in [1.82, 2.24) is 9.55 Å². The maximum absolute atomic E-state index is 11.5. The Labute approximate surface area is 271 Å². The van der Waals surface area contributed by atoms with Gasteiger partial charge >= 0.3 is 11.9 Å². The maximum Gasteiger partial charge on any atom is 0.335 e. The summed E-state index contributed by atoms with van der Waals surface area (Å²) in [4.78, 5) is 30.4. The Morgan fingerprint density at radius 3 is 2.28 bits per heavy atom. The maximum atomic E-state index is 11.5. The molecule has 0 bridgehead atoms. The van der Waals surface area contributed by atoms with Gasteiger partial charge in [0.05, 0.1) is 11.1 Å². The van der Waals surface area contributed by atoms with E-state index in [1.165, 1.54) is 12.1 Å². The molecule has 3 heterocycles. The number of anilines is 1. The highest BCUT2D eigenvalue weighted by atomic mass is 16.4. The van der Waals surface area contributed by atoms with E-state index in [9.17, 15) is 19.8 Å². The number of hydrogen-bond donors (Lipinski definition) is 2. The van der Waals surface area contributed by atoms with Gasteiger partial charge in [-0.05, 0) is 61.7 Å². The highest BCUT2D eigenvalue weighted by Gasteiger charge is 2.26. The Balaban J connectivity index is 1.52. The van der Waals surface area contributed by atoms with Gasteiger partial charge in [-0.1, -0.05) is 44.9 Å². The second kappa shape index (κ2) is 12.5. The molecule has 2 N–H and O–H groups in total. The van der Waals surface area contributed by atoms with Crippen molar-refractivity contribution >= 4 is 72.5 Å². The standard InChI is InChI=1S/C38H37N3O6/c1-3-5-19-40(20-6-4-2)25-17-18-27-29(22-25)46-35-32(27)31-26-10-7-8-11-28(26)41(21-9-12-30(42)43)34(31)33-36(35)47-37(39-33)23-13-15-24(16-14-23)38(44)45/h7-8,10-11,13-18,22H,3-6,9,12,19-21H2,1-2H3,(H,42,43)(H,44,45). The number of rotatable bonds is 13. The van der Waals surface area contributed by atoms with Crippen LogP contribution in [0, 0.1) is 0 Å². The Kier molecular flexibility index (Phi) is 8.05. The van der Waals surface area contributed by atoms with Crippen LogP contribution in [0.3, 0.4) is 0 Å². The van der Waals surface area contributed by atoms with Crippen molar-refractivity contribution in [3.8, 4) is 11.5 Å². The zero-order chi connectivity index (χ0) is 32.7. The molecule has 0 amide bonds. The van der Waals surface area contributed by atoms with Crippen LogP contribution in [0.1, 0.15) is 62.7 Å². The van der Waals surface area contributed by atoms with Crippen molar-refractivity contribution in [2.45, 2.75) is 58.9 Å². The first-order valence-electron chi connectivity index (χ1n) is 16.4. The third-order valence-electron chi connectivity index (χ3n) is 9.03. The topological polar surface area (TPSA) is 122 Å². The molecule has 3 aromatic heterocycles. The molecule has 0 spiro atoms. The van der Waals surface area contributed by atoms with E-state index in [1.54, 1.807) is 12.1 Å². The number of carboxylic acid groups (broad SMARTS) is 2. The number of carboxylic acids is 2. The highest BCUT2D eigenvalue weighted by molar-refractivity contribution is 6.34. The number of oxazole rings is 1. The fourth-order valence-corrected chi connectivity index (χ4v) is 6.69. The summed E-state index contributed by atoms with van der Waals surface area (Å²) >= 11 is 0. The molecule has 0 fully saturated rings. The molecular weight excluding hydrogens is 594 g/mol. The van der Waals surface area contributed by atoms with Gasteiger partial charge in [-0.15, -0.1) is 0 Å². The van der Waals surface area contributed by atoms with Gasteiger partial charge in [0.25, 0.3) is 0 Å². The summed E-state index contributed by atoms with van der Waals surface area (Å²) in [5.41, 5.74) is 6.25. The van der Waals surface area contributed by atoms with Crippen molar-refractivity contribution in [2.24, 2.45) is 0 Å². The number of fused-ring (bicyclic) bond motifs is 10. The minimum absolute atomic E-state index is 0.0450. The second-order valence-electron chi connectivity index (χ2n) is 12.1. The largest absolute Gasteiger partial charge is 0.481 e. The summed E-state index contributed by atoms with van der Waals surface area (Å²) in [7, 11) is 0. The second-order valence-corrected chi connectivity index (χ2v) is 12.1. The predicted molar refractivity (Wildman–Crippen MR) is 186 cm³/mol. The first kappa shape index (κ1) is 30.3. The van der Waals surface area contributed by atoms with Gasteiger partial charge in [0.1, 0.15) is 11.1 Å². The number of para-hydroxylation sites is 1. The molecule has 0 unspecified atom stereocenters. The Morgan fingerprint density at radius 2 is 1.57 bits per heavy atom. The lowest BCUT2D eigenvalue weighted by molar-refractivity contribution is -0.137. The molecule has 0 aliphatic heterocycles. The van der Waals surface area contributed by atoms with Gasteiger partial charge in [-0.3, -0.25) is 4.79 Å². The Morgan fingerprint density at radius 1 is 0.830 bits per heavy atom. The molecule has 0 saturated carbocycles. The van der Waals surface area contributed by atoms with Crippen LogP contribution in [0.4, 0.5) is 5.69 Å². The van der Waals surface area contributed by atoms with Crippen molar-refractivity contribution in [2.75, 3.05) is 18.0 Å². The van der Waals surface area contributed by atoms with Crippen LogP contribution in [0.15, 0.2) is 75.6 Å². The van der Waals surface area contributed by atoms with Crippen LogP contribution >= 0.6 is 0 Å². The summed E-state index contributed by atoms with van der Waals surface area (Å²) in [5.74, 6) is -1.50. The van der Waals surface area contributed by atoms with Crippen LogP contribution in [0.25, 0.3) is 66.3 Å². The third-order valence-corrected chi connectivity index (χ3v) is 9.03. The van der Waals surface area contributed by atoms with Gasteiger partial charge in [-0.2, -0.15) is 0 Å². The lowest BCUT2D eigenvalue weighted by Crippen LogP contribution is -2.25. The van der Waals surface area contributed by atoms with E-state index in [-0.39, 0.29) is 12.0 Å². The van der Waals surface area contributed by atoms with Crippen molar-refractivity contribution in [3.63, 3.8) is 0 Å². The molecule has 47 heavy (non-hydrogen) atoms. The van der Waals surface area contributed by atoms with Crippen LogP contribution in [0.2, 0.25) is 0 Å². The quantitative estimate of drug-likeness (QED) is 0.129. The summed E-state index contributed by atoms with van der Waals surface area (Å²) in [6, 6.07) is 21.1. The molecular formula is C38H37N3O6. The fraction of sp³-hybridized carbons (Fsp3) is 0.289. The van der Waals surface area contributed by atoms with E-state index >= 15 is 0 Å². The number of unbranched alkanes of at least 4 members (excludes halogenated alkanes) is 2. The van der Waals surface area contributed by atoms with Crippen molar-refractivity contribution in [3.05, 3.63) is 72.3 Å². The summed E-state index contributed by atoms with van der Waals surface area (Å²) in [6.07, 6.45) is 4.95. The Bertz CT molecular complexity index is 2270. The van der Waals surface area contributed by atoms with E-state index in [0.717, 1.165) is 82.6 Å². The molecule has 7 aromatic rings. The number of aryl methyl sites for hydroxylation is 1. The number of nitrogens with zero attached hydrogens (tertiary/aromatic N) is 3. The van der Waals surface area contributed by atoms with E-state index in [0.29, 0.717) is 41.1 Å². The van der Waals surface area contributed by atoms with E-state index in [2.05, 4.69) is 53.6 Å². The summed E-state index contributed by atoms with van der Waals surface area (Å²) in [6.45, 7) is 6.86. The lowest BCUT2D eigenvalue weighted by atomic mass is 10.0. The van der Waals surface area contributed by atoms with Gasteiger partial charge in [0.2, 0.25) is 11.5 Å². The minimum Gasteiger partial charge on any atom is -0.481 e. The summed E-state index contributed by atoms with van der Waals surface area (Å²) in [5, 5.41) is 22.8.